The van der Waals surface area contributed by atoms with Crippen LogP contribution >= 0.6 is 11.6 Å². The molecule has 26 heavy (non-hydrogen) atoms. The Hall–Kier alpha value is -2.93. The second-order valence-corrected chi connectivity index (χ2v) is 6.03. The number of nitrogens with zero attached hydrogens (tertiary/aromatic N) is 1. The summed E-state index contributed by atoms with van der Waals surface area (Å²) in [6.45, 7) is 2.20. The molecule has 0 saturated carbocycles. The molecular weight excluding hydrogens is 358 g/mol. The Bertz CT molecular complexity index is 955. The summed E-state index contributed by atoms with van der Waals surface area (Å²) in [5, 5.41) is 10.7. The molecule has 0 aliphatic heterocycles. The minimum atomic E-state index is -0.423. The van der Waals surface area contributed by atoms with Gasteiger partial charge in [-0.25, -0.2) is 4.79 Å². The number of aryl methyl sites for hydroxylation is 1. The molecule has 1 aromatic heterocycles. The molecular formula is C18H18ClN3O4. The Balaban J connectivity index is 1.71. The van der Waals surface area contributed by atoms with Crippen LogP contribution < -0.4 is 20.1 Å². The first-order valence-electron chi connectivity index (χ1n) is 7.83. The van der Waals surface area contributed by atoms with Crippen LogP contribution in [0.1, 0.15) is 11.3 Å². The molecule has 7 nitrogen and oxygen atoms in total. The average molecular weight is 376 g/mol. The predicted molar refractivity (Wildman–Crippen MR) is 99.2 cm³/mol. The lowest BCUT2D eigenvalue weighted by atomic mass is 10.1. The Morgan fingerprint density at radius 1 is 1.19 bits per heavy atom. The van der Waals surface area contributed by atoms with Crippen molar-refractivity contribution in [2.45, 2.75) is 13.5 Å². The topological polar surface area (TPSA) is 85.6 Å². The number of hydrogen-bond donors (Lipinski definition) is 2. The van der Waals surface area contributed by atoms with Crippen molar-refractivity contribution in [2.24, 2.45) is 0 Å². The Kier molecular flexibility index (Phi) is 5.18. The summed E-state index contributed by atoms with van der Waals surface area (Å²) in [6, 6.07) is 8.50. The van der Waals surface area contributed by atoms with Gasteiger partial charge in [0.2, 0.25) is 0 Å². The number of nitrogens with one attached hydrogen (secondary N) is 2. The number of amides is 2. The number of carbonyl (C=O) groups excluding carboxylic acids is 1. The number of hydrogen-bond acceptors (Lipinski definition) is 5. The van der Waals surface area contributed by atoms with Crippen LogP contribution in [0, 0.1) is 6.92 Å². The molecule has 1 heterocycles. The zero-order valence-corrected chi connectivity index (χ0v) is 15.3. The summed E-state index contributed by atoms with van der Waals surface area (Å²) in [7, 11) is 3.00. The third-order valence-corrected chi connectivity index (χ3v) is 4.13. The first-order valence-corrected chi connectivity index (χ1v) is 8.21. The number of halogens is 1. The molecule has 0 unspecified atom stereocenters. The second kappa shape index (κ2) is 7.53. The van der Waals surface area contributed by atoms with Crippen molar-refractivity contribution in [3.63, 3.8) is 0 Å². The van der Waals surface area contributed by atoms with Crippen LogP contribution in [0.2, 0.25) is 5.02 Å². The maximum atomic E-state index is 12.2. The van der Waals surface area contributed by atoms with Gasteiger partial charge in [0.25, 0.3) is 0 Å². The molecule has 2 N–H and O–H groups in total. The van der Waals surface area contributed by atoms with Crippen molar-refractivity contribution in [3.05, 3.63) is 46.6 Å². The van der Waals surface area contributed by atoms with Gasteiger partial charge in [0.15, 0.2) is 5.58 Å². The van der Waals surface area contributed by atoms with E-state index in [4.69, 9.17) is 25.6 Å². The molecule has 0 aliphatic rings. The van der Waals surface area contributed by atoms with E-state index in [0.717, 1.165) is 10.9 Å². The number of benzene rings is 2. The van der Waals surface area contributed by atoms with E-state index in [0.29, 0.717) is 33.5 Å². The number of aromatic nitrogens is 1. The number of anilines is 1. The van der Waals surface area contributed by atoms with Gasteiger partial charge in [0, 0.05) is 11.5 Å². The van der Waals surface area contributed by atoms with Crippen LogP contribution in [0.15, 0.2) is 34.9 Å². The number of ether oxygens (including phenoxy) is 2. The largest absolute Gasteiger partial charge is 0.495 e. The van der Waals surface area contributed by atoms with E-state index in [2.05, 4.69) is 15.8 Å². The smallest absolute Gasteiger partial charge is 0.319 e. The van der Waals surface area contributed by atoms with E-state index < -0.39 is 6.03 Å². The van der Waals surface area contributed by atoms with E-state index in [1.165, 1.54) is 14.2 Å². The number of methoxy groups -OCH3 is 2. The molecule has 0 atom stereocenters. The number of fused-ring (bicyclic) bond motifs is 1. The highest BCUT2D eigenvalue weighted by Crippen LogP contribution is 2.35. The fraction of sp³-hybridized carbons (Fsp3) is 0.222. The lowest BCUT2D eigenvalue weighted by Gasteiger charge is -2.13. The van der Waals surface area contributed by atoms with Crippen molar-refractivity contribution < 1.29 is 18.8 Å². The summed E-state index contributed by atoms with van der Waals surface area (Å²) < 4.78 is 15.7. The average Bonchev–Trinajstić information content (AvgIpc) is 3.02. The molecule has 0 saturated heterocycles. The van der Waals surface area contributed by atoms with E-state index in [1.54, 1.807) is 12.1 Å². The number of carbonyl (C=O) groups is 1. The Morgan fingerprint density at radius 3 is 2.69 bits per heavy atom. The van der Waals surface area contributed by atoms with Gasteiger partial charge in [-0.2, -0.15) is 0 Å². The van der Waals surface area contributed by atoms with Gasteiger partial charge in [-0.15, -0.1) is 0 Å². The normalized spacial score (nSPS) is 10.6. The zero-order valence-electron chi connectivity index (χ0n) is 14.6. The third kappa shape index (κ3) is 3.67. The first kappa shape index (κ1) is 17.9. The fourth-order valence-electron chi connectivity index (χ4n) is 2.52. The molecule has 8 heteroatoms. The third-order valence-electron chi connectivity index (χ3n) is 3.84. The molecule has 0 fully saturated rings. The van der Waals surface area contributed by atoms with Gasteiger partial charge in [0.05, 0.1) is 31.5 Å². The van der Waals surface area contributed by atoms with Gasteiger partial charge in [-0.1, -0.05) is 28.4 Å². The molecule has 0 spiro atoms. The fourth-order valence-corrected chi connectivity index (χ4v) is 2.76. The van der Waals surface area contributed by atoms with E-state index in [-0.39, 0.29) is 6.54 Å². The zero-order chi connectivity index (χ0) is 18.7. The van der Waals surface area contributed by atoms with Crippen LogP contribution in [-0.4, -0.2) is 25.4 Å². The van der Waals surface area contributed by atoms with Gasteiger partial charge in [-0.3, -0.25) is 0 Å². The Labute approximate surface area is 155 Å². The monoisotopic (exact) mass is 375 g/mol. The van der Waals surface area contributed by atoms with Crippen molar-refractivity contribution in [1.29, 1.82) is 0 Å². The maximum absolute atomic E-state index is 12.2. The van der Waals surface area contributed by atoms with Crippen molar-refractivity contribution in [3.8, 4) is 11.5 Å². The second-order valence-electron chi connectivity index (χ2n) is 5.62. The molecule has 3 rings (SSSR count). The maximum Gasteiger partial charge on any atom is 0.319 e. The lowest BCUT2D eigenvalue weighted by molar-refractivity contribution is 0.251. The summed E-state index contributed by atoms with van der Waals surface area (Å²) in [4.78, 5) is 12.2. The summed E-state index contributed by atoms with van der Waals surface area (Å²) in [5.41, 5.74) is 2.84. The first-order chi connectivity index (χ1) is 12.5. The van der Waals surface area contributed by atoms with E-state index in [1.807, 2.05) is 25.1 Å². The minimum Gasteiger partial charge on any atom is -0.495 e. The summed E-state index contributed by atoms with van der Waals surface area (Å²) >= 11 is 6.11. The predicted octanol–water partition coefficient (Wildman–Crippen LogP) is 4.13. The summed E-state index contributed by atoms with van der Waals surface area (Å²) in [6.07, 6.45) is 0. The number of urea groups is 1. The number of rotatable bonds is 5. The lowest BCUT2D eigenvalue weighted by Crippen LogP contribution is -2.28. The molecule has 136 valence electrons. The van der Waals surface area contributed by atoms with Crippen LogP contribution in [0.5, 0.6) is 11.5 Å². The van der Waals surface area contributed by atoms with Gasteiger partial charge in [-0.05, 0) is 25.1 Å². The van der Waals surface area contributed by atoms with Crippen LogP contribution in [0.25, 0.3) is 11.0 Å². The van der Waals surface area contributed by atoms with Gasteiger partial charge < -0.3 is 24.6 Å². The SMILES string of the molecule is COc1cc(OC)c(NC(=O)NCc2noc3ccc(C)cc23)cc1Cl. The molecule has 2 aromatic carbocycles. The van der Waals surface area contributed by atoms with Gasteiger partial charge in [0.1, 0.15) is 17.2 Å². The van der Waals surface area contributed by atoms with Crippen molar-refractivity contribution in [1.82, 2.24) is 10.5 Å². The quantitative estimate of drug-likeness (QED) is 0.700. The van der Waals surface area contributed by atoms with E-state index >= 15 is 0 Å². The highest BCUT2D eigenvalue weighted by atomic mass is 35.5. The molecule has 0 radical (unpaired) electrons. The standard InChI is InChI=1S/C18H18ClN3O4/c1-10-4-5-15-11(6-10)14(22-26-15)9-20-18(23)21-13-7-12(19)16(24-2)8-17(13)25-3/h4-8H,9H2,1-3H3,(H2,20,21,23). The van der Waals surface area contributed by atoms with Crippen molar-refractivity contribution in [2.75, 3.05) is 19.5 Å². The highest BCUT2D eigenvalue weighted by molar-refractivity contribution is 6.32. The van der Waals surface area contributed by atoms with Crippen LogP contribution in [-0.2, 0) is 6.54 Å². The molecule has 0 bridgehead atoms. The molecule has 2 amide bonds. The minimum absolute atomic E-state index is 0.217. The highest BCUT2D eigenvalue weighted by Gasteiger charge is 2.14. The van der Waals surface area contributed by atoms with E-state index in [9.17, 15) is 4.79 Å². The summed E-state index contributed by atoms with van der Waals surface area (Å²) in [5.74, 6) is 0.892. The van der Waals surface area contributed by atoms with Crippen molar-refractivity contribution >= 4 is 34.3 Å². The van der Waals surface area contributed by atoms with Gasteiger partial charge >= 0.3 is 6.03 Å². The molecule has 3 aromatic rings. The molecule has 0 aliphatic carbocycles. The van der Waals surface area contributed by atoms with Crippen LogP contribution in [0.4, 0.5) is 10.5 Å². The van der Waals surface area contributed by atoms with Crippen LogP contribution in [0.3, 0.4) is 0 Å². The Morgan fingerprint density at radius 2 is 1.96 bits per heavy atom.